The molecule has 0 radical (unpaired) electrons. The molecule has 9 heteroatoms. The van der Waals surface area contributed by atoms with Crippen LogP contribution in [0.1, 0.15) is 24.4 Å². The number of benzene rings is 3. The number of nitrogens with one attached hydrogen (secondary N) is 1. The first kappa shape index (κ1) is 24.6. The van der Waals surface area contributed by atoms with Crippen LogP contribution in [0.2, 0.25) is 5.02 Å². The molecular weight excluding hydrogens is 494 g/mol. The van der Waals surface area contributed by atoms with Crippen molar-refractivity contribution in [2.24, 2.45) is 0 Å². The van der Waals surface area contributed by atoms with Gasteiger partial charge in [0.05, 0.1) is 16.5 Å². The number of para-hydroxylation sites is 1. The first-order valence-corrected chi connectivity index (χ1v) is 13.7. The molecule has 1 aliphatic rings. The van der Waals surface area contributed by atoms with Gasteiger partial charge in [0.2, 0.25) is 10.0 Å². The van der Waals surface area contributed by atoms with Gasteiger partial charge in [-0.15, -0.1) is 0 Å². The third-order valence-corrected chi connectivity index (χ3v) is 8.71. The van der Waals surface area contributed by atoms with E-state index in [0.717, 1.165) is 22.4 Å². The van der Waals surface area contributed by atoms with Crippen molar-refractivity contribution in [3.05, 3.63) is 89.2 Å². The van der Waals surface area contributed by atoms with Gasteiger partial charge in [-0.3, -0.25) is 4.90 Å². The molecule has 1 aliphatic heterocycles. The number of halogens is 1. The van der Waals surface area contributed by atoms with Gasteiger partial charge in [0, 0.05) is 42.3 Å². The van der Waals surface area contributed by atoms with Crippen molar-refractivity contribution in [1.29, 1.82) is 0 Å². The summed E-state index contributed by atoms with van der Waals surface area (Å²) in [5.41, 5.74) is 3.00. The Labute approximate surface area is 216 Å². The minimum atomic E-state index is -3.56. The van der Waals surface area contributed by atoms with Crippen molar-refractivity contribution in [3.8, 4) is 0 Å². The van der Waals surface area contributed by atoms with E-state index in [4.69, 9.17) is 21.6 Å². The highest BCUT2D eigenvalue weighted by Gasteiger charge is 2.31. The third-order valence-electron chi connectivity index (χ3n) is 6.55. The van der Waals surface area contributed by atoms with Gasteiger partial charge in [-0.05, 0) is 67.9 Å². The average Bonchev–Trinajstić information content (AvgIpc) is 2.88. The molecule has 1 saturated heterocycles. The molecule has 1 aromatic heterocycles. The van der Waals surface area contributed by atoms with Gasteiger partial charge in [0.15, 0.2) is 0 Å². The molecule has 36 heavy (non-hydrogen) atoms. The normalized spacial score (nSPS) is 16.2. The van der Waals surface area contributed by atoms with E-state index < -0.39 is 10.0 Å². The molecule has 0 spiro atoms. The van der Waals surface area contributed by atoms with E-state index in [0.29, 0.717) is 37.0 Å². The zero-order chi connectivity index (χ0) is 25.3. The number of sulfonamides is 1. The van der Waals surface area contributed by atoms with Crippen LogP contribution < -0.4 is 5.32 Å². The highest BCUT2D eigenvalue weighted by atomic mass is 35.5. The van der Waals surface area contributed by atoms with E-state index in [9.17, 15) is 8.42 Å². The second kappa shape index (κ2) is 10.1. The van der Waals surface area contributed by atoms with E-state index >= 15 is 0 Å². The van der Waals surface area contributed by atoms with Gasteiger partial charge in [0.25, 0.3) is 0 Å². The van der Waals surface area contributed by atoms with Crippen LogP contribution in [0.25, 0.3) is 10.9 Å². The number of anilines is 2. The van der Waals surface area contributed by atoms with E-state index in [-0.39, 0.29) is 10.9 Å². The fourth-order valence-electron chi connectivity index (χ4n) is 4.49. The first-order valence-electron chi connectivity index (χ1n) is 11.9. The number of hydrogen-bond donors (Lipinski definition) is 1. The Morgan fingerprint density at radius 2 is 1.64 bits per heavy atom. The zero-order valence-corrected chi connectivity index (χ0v) is 21.8. The monoisotopic (exact) mass is 521 g/mol. The smallest absolute Gasteiger partial charge is 0.243 e. The minimum Gasteiger partial charge on any atom is -0.340 e. The summed E-state index contributed by atoms with van der Waals surface area (Å²) < 4.78 is 27.7. The molecule has 0 saturated carbocycles. The molecule has 186 valence electrons. The summed E-state index contributed by atoms with van der Waals surface area (Å²) in [6, 6.07) is 22.4. The summed E-state index contributed by atoms with van der Waals surface area (Å²) in [6.45, 7) is 6.11. The molecule has 5 rings (SSSR count). The Balaban J connectivity index is 1.36. The Morgan fingerprint density at radius 1 is 0.917 bits per heavy atom. The molecule has 2 heterocycles. The van der Waals surface area contributed by atoms with Gasteiger partial charge in [-0.25, -0.2) is 18.4 Å². The number of aromatic nitrogens is 2. The van der Waals surface area contributed by atoms with Gasteiger partial charge in [0.1, 0.15) is 11.6 Å². The number of aryl methyl sites for hydroxylation is 1. The van der Waals surface area contributed by atoms with E-state index in [1.807, 2.05) is 36.4 Å². The summed E-state index contributed by atoms with van der Waals surface area (Å²) >= 11 is 5.93. The number of hydrogen-bond acceptors (Lipinski definition) is 6. The summed E-state index contributed by atoms with van der Waals surface area (Å²) in [5, 5.41) is 4.93. The molecule has 0 amide bonds. The van der Waals surface area contributed by atoms with Crippen LogP contribution in [0.5, 0.6) is 0 Å². The first-order chi connectivity index (χ1) is 17.3. The van der Waals surface area contributed by atoms with Gasteiger partial charge in [-0.1, -0.05) is 35.9 Å². The van der Waals surface area contributed by atoms with E-state index in [1.165, 1.54) is 9.87 Å². The molecule has 0 bridgehead atoms. The van der Waals surface area contributed by atoms with Crippen LogP contribution in [-0.4, -0.2) is 53.8 Å². The van der Waals surface area contributed by atoms with Gasteiger partial charge < -0.3 is 5.32 Å². The Kier molecular flexibility index (Phi) is 6.94. The molecule has 3 aromatic carbocycles. The van der Waals surface area contributed by atoms with Crippen molar-refractivity contribution in [3.63, 3.8) is 0 Å². The zero-order valence-electron chi connectivity index (χ0n) is 20.2. The van der Waals surface area contributed by atoms with Crippen molar-refractivity contribution >= 4 is 44.0 Å². The highest BCUT2D eigenvalue weighted by Crippen LogP contribution is 2.29. The molecule has 1 fully saturated rings. The summed E-state index contributed by atoms with van der Waals surface area (Å²) in [7, 11) is -3.56. The molecule has 0 aliphatic carbocycles. The summed E-state index contributed by atoms with van der Waals surface area (Å²) in [5.74, 6) is 1.47. The maximum atomic E-state index is 13.1. The Bertz CT molecular complexity index is 1490. The molecule has 7 nitrogen and oxygen atoms in total. The van der Waals surface area contributed by atoms with Crippen molar-refractivity contribution in [1.82, 2.24) is 19.2 Å². The van der Waals surface area contributed by atoms with Crippen LogP contribution >= 0.6 is 11.6 Å². The number of piperazine rings is 1. The SMILES string of the molecule is Cc1cccc(Nc2nc([C@H](C)N3CCN(S(=O)(=O)c4ccc(Cl)cc4)CC3)nc3ccccc23)c1. The fraction of sp³-hybridized carbons (Fsp3) is 0.259. The Morgan fingerprint density at radius 3 is 2.36 bits per heavy atom. The topological polar surface area (TPSA) is 78.4 Å². The lowest BCUT2D eigenvalue weighted by atomic mass is 10.1. The molecular formula is C27H28ClN5O2S. The van der Waals surface area contributed by atoms with Crippen molar-refractivity contribution in [2.45, 2.75) is 24.8 Å². The van der Waals surface area contributed by atoms with Gasteiger partial charge in [-0.2, -0.15) is 4.31 Å². The molecule has 1 N–H and O–H groups in total. The van der Waals surface area contributed by atoms with Crippen LogP contribution in [0.15, 0.2) is 77.7 Å². The third kappa shape index (κ3) is 5.08. The summed E-state index contributed by atoms with van der Waals surface area (Å²) in [6.07, 6.45) is 0. The number of rotatable bonds is 6. The summed E-state index contributed by atoms with van der Waals surface area (Å²) in [4.78, 5) is 12.3. The molecule has 0 unspecified atom stereocenters. The molecule has 1 atom stereocenters. The number of fused-ring (bicyclic) bond motifs is 1. The van der Waals surface area contributed by atoms with Crippen LogP contribution in [-0.2, 0) is 10.0 Å². The van der Waals surface area contributed by atoms with Crippen molar-refractivity contribution < 1.29 is 8.42 Å². The quantitative estimate of drug-likeness (QED) is 0.366. The maximum Gasteiger partial charge on any atom is 0.243 e. The van der Waals surface area contributed by atoms with E-state index in [1.54, 1.807) is 24.3 Å². The predicted molar refractivity (Wildman–Crippen MR) is 144 cm³/mol. The predicted octanol–water partition coefficient (Wildman–Crippen LogP) is 5.40. The second-order valence-corrected chi connectivity index (χ2v) is 11.4. The van der Waals surface area contributed by atoms with Crippen molar-refractivity contribution in [2.75, 3.05) is 31.5 Å². The largest absolute Gasteiger partial charge is 0.340 e. The lowest BCUT2D eigenvalue weighted by Gasteiger charge is -2.36. The van der Waals surface area contributed by atoms with E-state index in [2.05, 4.69) is 36.2 Å². The maximum absolute atomic E-state index is 13.1. The van der Waals surface area contributed by atoms with Crippen LogP contribution in [0, 0.1) is 6.92 Å². The highest BCUT2D eigenvalue weighted by molar-refractivity contribution is 7.89. The lowest BCUT2D eigenvalue weighted by Crippen LogP contribution is -2.49. The average molecular weight is 522 g/mol. The molecule has 4 aromatic rings. The van der Waals surface area contributed by atoms with Crippen LogP contribution in [0.4, 0.5) is 11.5 Å². The lowest BCUT2D eigenvalue weighted by molar-refractivity contribution is 0.141. The van der Waals surface area contributed by atoms with Gasteiger partial charge >= 0.3 is 0 Å². The fourth-order valence-corrected chi connectivity index (χ4v) is 6.03. The standard InChI is InChI=1S/C27H28ClN5O2S/c1-19-6-5-7-22(18-19)29-27-24-8-3-4-9-25(24)30-26(31-27)20(2)32-14-16-33(17-15-32)36(34,35)23-12-10-21(28)11-13-23/h3-13,18,20H,14-17H2,1-2H3,(H,29,30,31)/t20-/m0/s1. The Hall–Kier alpha value is -3.04. The van der Waals surface area contributed by atoms with Crippen LogP contribution in [0.3, 0.4) is 0 Å². The second-order valence-electron chi connectivity index (χ2n) is 9.01. The number of nitrogens with zero attached hydrogens (tertiary/aromatic N) is 4. The minimum absolute atomic E-state index is 0.0759.